The molecule has 0 atom stereocenters. The first kappa shape index (κ1) is 21.9. The van der Waals surface area contributed by atoms with Gasteiger partial charge in [0.05, 0.1) is 18.0 Å². The molecule has 0 aliphatic rings. The number of nitrogens with zero attached hydrogens (tertiary/aromatic N) is 3. The van der Waals surface area contributed by atoms with E-state index in [1.165, 1.54) is 49.7 Å². The van der Waals surface area contributed by atoms with Gasteiger partial charge in [0.25, 0.3) is 5.65 Å². The fourth-order valence-electron chi connectivity index (χ4n) is 5.43. The van der Waals surface area contributed by atoms with Gasteiger partial charge in [-0.3, -0.25) is 4.98 Å². The standard InChI is InChI=1S/C30H36N3/c1-19-14-15-31-26-22-13-12-20(17-29(2,3)4)16-24(22)33-27-21(18-30(5,6)7)10-9-11-23(27)32(8)28(33)25(19)26/h9-16H,17-18H2,1-8H3/q+1. The summed E-state index contributed by atoms with van der Waals surface area (Å²) in [5, 5.41) is 2.47. The highest BCUT2D eigenvalue weighted by molar-refractivity contribution is 6.12. The molecule has 3 heteroatoms. The molecule has 3 aromatic heterocycles. The lowest BCUT2D eigenvalue weighted by Gasteiger charge is -2.19. The van der Waals surface area contributed by atoms with Gasteiger partial charge in [0.1, 0.15) is 5.52 Å². The van der Waals surface area contributed by atoms with Gasteiger partial charge >= 0.3 is 0 Å². The van der Waals surface area contributed by atoms with Crippen LogP contribution in [0.15, 0.2) is 48.7 Å². The van der Waals surface area contributed by atoms with E-state index in [-0.39, 0.29) is 10.8 Å². The van der Waals surface area contributed by atoms with Crippen molar-refractivity contribution in [2.24, 2.45) is 17.9 Å². The van der Waals surface area contributed by atoms with Gasteiger partial charge in [-0.15, -0.1) is 0 Å². The number of pyridine rings is 2. The molecule has 0 saturated heterocycles. The average Bonchev–Trinajstić information content (AvgIpc) is 3.00. The second-order valence-electron chi connectivity index (χ2n) is 12.2. The summed E-state index contributed by atoms with van der Waals surface area (Å²) < 4.78 is 4.89. The summed E-state index contributed by atoms with van der Waals surface area (Å²) in [7, 11) is 2.20. The summed E-state index contributed by atoms with van der Waals surface area (Å²) in [4.78, 5) is 4.89. The predicted molar refractivity (Wildman–Crippen MR) is 140 cm³/mol. The van der Waals surface area contributed by atoms with Gasteiger partial charge in [-0.25, -0.2) is 4.57 Å². The van der Waals surface area contributed by atoms with Crippen LogP contribution in [-0.2, 0) is 19.9 Å². The second-order valence-corrected chi connectivity index (χ2v) is 12.2. The molecule has 0 saturated carbocycles. The maximum atomic E-state index is 4.89. The van der Waals surface area contributed by atoms with Crippen LogP contribution in [0.5, 0.6) is 0 Å². The highest BCUT2D eigenvalue weighted by atomic mass is 15.1. The van der Waals surface area contributed by atoms with E-state index in [0.717, 1.165) is 18.4 Å². The van der Waals surface area contributed by atoms with E-state index in [0.29, 0.717) is 0 Å². The van der Waals surface area contributed by atoms with Crippen molar-refractivity contribution in [3.8, 4) is 0 Å². The van der Waals surface area contributed by atoms with E-state index < -0.39 is 0 Å². The van der Waals surface area contributed by atoms with Crippen LogP contribution >= 0.6 is 0 Å². The molecule has 0 radical (unpaired) electrons. The number of aryl methyl sites for hydroxylation is 2. The van der Waals surface area contributed by atoms with Gasteiger partial charge in [0, 0.05) is 17.1 Å². The van der Waals surface area contributed by atoms with Crippen LogP contribution in [0.2, 0.25) is 0 Å². The molecule has 3 heterocycles. The molecule has 5 aromatic rings. The number of hydrogen-bond acceptors (Lipinski definition) is 1. The van der Waals surface area contributed by atoms with Crippen LogP contribution < -0.4 is 4.57 Å². The van der Waals surface area contributed by atoms with E-state index in [4.69, 9.17) is 4.98 Å². The average molecular weight is 439 g/mol. The third-order valence-electron chi connectivity index (χ3n) is 6.61. The van der Waals surface area contributed by atoms with Gasteiger partial charge in [-0.2, -0.15) is 4.40 Å². The number of aromatic nitrogens is 3. The molecule has 0 bridgehead atoms. The maximum Gasteiger partial charge on any atom is 0.297 e. The van der Waals surface area contributed by atoms with Crippen molar-refractivity contribution < 1.29 is 4.57 Å². The van der Waals surface area contributed by atoms with Crippen LogP contribution in [0.4, 0.5) is 0 Å². The molecule has 2 aromatic carbocycles. The Morgan fingerprint density at radius 1 is 0.909 bits per heavy atom. The molecule has 0 aliphatic carbocycles. The predicted octanol–water partition coefficient (Wildman–Crippen LogP) is 7.10. The van der Waals surface area contributed by atoms with E-state index >= 15 is 0 Å². The quantitative estimate of drug-likeness (QED) is 0.213. The van der Waals surface area contributed by atoms with Crippen molar-refractivity contribution in [3.05, 3.63) is 65.4 Å². The second kappa shape index (κ2) is 7.28. The maximum absolute atomic E-state index is 4.89. The van der Waals surface area contributed by atoms with Crippen molar-refractivity contribution in [2.45, 2.75) is 61.3 Å². The van der Waals surface area contributed by atoms with E-state index in [1.807, 2.05) is 6.20 Å². The summed E-state index contributed by atoms with van der Waals surface area (Å²) in [6, 6.07) is 15.9. The Bertz CT molecular complexity index is 1540. The van der Waals surface area contributed by atoms with E-state index in [9.17, 15) is 0 Å². The summed E-state index contributed by atoms with van der Waals surface area (Å²) in [6.45, 7) is 16.1. The molecular formula is C30H36N3+. The zero-order valence-electron chi connectivity index (χ0n) is 21.4. The molecule has 0 fully saturated rings. The molecule has 0 amide bonds. The Kier molecular flexibility index (Phi) is 4.83. The zero-order valence-corrected chi connectivity index (χ0v) is 21.4. The van der Waals surface area contributed by atoms with Gasteiger partial charge in [0.15, 0.2) is 11.0 Å². The van der Waals surface area contributed by atoms with Crippen LogP contribution in [0, 0.1) is 17.8 Å². The van der Waals surface area contributed by atoms with Gasteiger partial charge in [-0.05, 0) is 66.0 Å². The number of fused-ring (bicyclic) bond motifs is 8. The number of hydrogen-bond donors (Lipinski definition) is 0. The first-order chi connectivity index (χ1) is 15.4. The van der Waals surface area contributed by atoms with Crippen molar-refractivity contribution in [2.75, 3.05) is 0 Å². The smallest absolute Gasteiger partial charge is 0.255 e. The van der Waals surface area contributed by atoms with Gasteiger partial charge < -0.3 is 0 Å². The summed E-state index contributed by atoms with van der Waals surface area (Å²) in [5.41, 5.74) is 10.7. The molecule has 3 nitrogen and oxygen atoms in total. The van der Waals surface area contributed by atoms with Crippen molar-refractivity contribution in [1.82, 2.24) is 9.38 Å². The Morgan fingerprint density at radius 3 is 2.33 bits per heavy atom. The van der Waals surface area contributed by atoms with Gasteiger partial charge in [-0.1, -0.05) is 59.7 Å². The molecular weight excluding hydrogens is 402 g/mol. The largest absolute Gasteiger partial charge is 0.297 e. The van der Waals surface area contributed by atoms with Crippen molar-refractivity contribution in [1.29, 1.82) is 0 Å². The highest BCUT2D eigenvalue weighted by Gasteiger charge is 2.28. The van der Waals surface area contributed by atoms with Crippen molar-refractivity contribution >= 4 is 38.5 Å². The zero-order chi connectivity index (χ0) is 23.7. The topological polar surface area (TPSA) is 21.2 Å². The van der Waals surface area contributed by atoms with E-state index in [1.54, 1.807) is 0 Å². The molecule has 0 N–H and O–H groups in total. The lowest BCUT2D eigenvalue weighted by Crippen LogP contribution is -2.27. The summed E-state index contributed by atoms with van der Waals surface area (Å²) in [6.07, 6.45) is 4.03. The summed E-state index contributed by atoms with van der Waals surface area (Å²) >= 11 is 0. The Balaban J connectivity index is 2.04. The highest BCUT2D eigenvalue weighted by Crippen LogP contribution is 2.35. The van der Waals surface area contributed by atoms with Crippen LogP contribution in [-0.4, -0.2) is 9.38 Å². The summed E-state index contributed by atoms with van der Waals surface area (Å²) in [5.74, 6) is 0. The molecule has 170 valence electrons. The number of imidazole rings is 1. The molecule has 0 spiro atoms. The van der Waals surface area contributed by atoms with E-state index in [2.05, 4.69) is 107 Å². The van der Waals surface area contributed by atoms with Crippen LogP contribution in [0.3, 0.4) is 0 Å². The minimum absolute atomic E-state index is 0.207. The Hall–Kier alpha value is -2.94. The number of benzene rings is 2. The van der Waals surface area contributed by atoms with Crippen LogP contribution in [0.1, 0.15) is 58.2 Å². The molecule has 0 unspecified atom stereocenters. The Labute approximate surface area is 197 Å². The third-order valence-corrected chi connectivity index (χ3v) is 6.61. The SMILES string of the molecule is Cc1ccnc2c3ccc(CC(C)(C)C)cc3n3c4c(CC(C)(C)C)cccc4[n+](C)c3c12. The fourth-order valence-corrected chi connectivity index (χ4v) is 5.43. The first-order valence-electron chi connectivity index (χ1n) is 12.1. The Morgan fingerprint density at radius 2 is 1.64 bits per heavy atom. The molecule has 5 rings (SSSR count). The van der Waals surface area contributed by atoms with Crippen LogP contribution in [0.25, 0.3) is 38.5 Å². The van der Waals surface area contributed by atoms with Gasteiger partial charge in [0.2, 0.25) is 0 Å². The number of para-hydroxylation sites is 1. The monoisotopic (exact) mass is 438 g/mol. The minimum Gasteiger partial charge on any atom is -0.255 e. The lowest BCUT2D eigenvalue weighted by atomic mass is 9.87. The first-order valence-corrected chi connectivity index (χ1v) is 12.1. The molecule has 33 heavy (non-hydrogen) atoms. The lowest BCUT2D eigenvalue weighted by molar-refractivity contribution is -0.617. The molecule has 0 aliphatic heterocycles. The third kappa shape index (κ3) is 3.68. The fraction of sp³-hybridized carbons (Fsp3) is 0.400. The minimum atomic E-state index is 0.207. The number of rotatable bonds is 2. The normalized spacial score (nSPS) is 13.1. The van der Waals surface area contributed by atoms with Crippen molar-refractivity contribution in [3.63, 3.8) is 0 Å².